The molecule has 0 spiro atoms. The number of carbonyl (C=O) groups excluding carboxylic acids is 1. The third-order valence-electron chi connectivity index (χ3n) is 5.28. The van der Waals surface area contributed by atoms with Crippen LogP contribution < -0.4 is 20.5 Å². The van der Waals surface area contributed by atoms with Crippen LogP contribution in [0.1, 0.15) is 5.56 Å². The number of nitrogens with one attached hydrogen (secondary N) is 1. The monoisotopic (exact) mass is 455 g/mol. The summed E-state index contributed by atoms with van der Waals surface area (Å²) in [5, 5.41) is 7.14. The largest absolute Gasteiger partial charge is 0.497 e. The highest BCUT2D eigenvalue weighted by Crippen LogP contribution is 2.26. The molecule has 5 aromatic rings. The van der Waals surface area contributed by atoms with Crippen LogP contribution in [0.2, 0.25) is 0 Å². The third kappa shape index (κ3) is 4.06. The predicted octanol–water partition coefficient (Wildman–Crippen LogP) is 3.79. The molecule has 0 unspecified atom stereocenters. The highest BCUT2D eigenvalue weighted by atomic mass is 16.5. The van der Waals surface area contributed by atoms with Gasteiger partial charge in [-0.25, -0.2) is 18.9 Å². The number of nitrogens with zero attached hydrogens (tertiary/aromatic N) is 4. The summed E-state index contributed by atoms with van der Waals surface area (Å²) in [4.78, 5) is 30.5. The Kier molecular flexibility index (Phi) is 5.43. The van der Waals surface area contributed by atoms with Crippen molar-refractivity contribution < 1.29 is 14.3 Å². The number of carbonyl (C=O) groups is 1. The normalized spacial score (nSPS) is 11.0. The van der Waals surface area contributed by atoms with Gasteiger partial charge < -0.3 is 14.8 Å². The molecule has 9 heteroatoms. The molecule has 0 fully saturated rings. The van der Waals surface area contributed by atoms with Crippen molar-refractivity contribution in [2.75, 3.05) is 12.4 Å². The number of aryl methyl sites for hydroxylation is 1. The molecular formula is C25H21N5O4. The van der Waals surface area contributed by atoms with Crippen molar-refractivity contribution in [3.8, 4) is 17.4 Å². The van der Waals surface area contributed by atoms with Crippen LogP contribution in [0.4, 0.5) is 5.69 Å². The number of benzene rings is 3. The SMILES string of the molecule is COc1ccc(NC(=O)Cn2nc3c(Oc4ccc(C)cc4)nc4ccccc4n3c2=O)cc1. The molecule has 0 radical (unpaired) electrons. The van der Waals surface area contributed by atoms with Gasteiger partial charge in [0.05, 0.1) is 18.1 Å². The number of amides is 1. The van der Waals surface area contributed by atoms with E-state index in [1.54, 1.807) is 43.5 Å². The Bertz CT molecular complexity index is 1550. The summed E-state index contributed by atoms with van der Waals surface area (Å²) in [6.45, 7) is 1.71. The van der Waals surface area contributed by atoms with Gasteiger partial charge in [0, 0.05) is 5.69 Å². The second-order valence-corrected chi connectivity index (χ2v) is 7.70. The van der Waals surface area contributed by atoms with Crippen molar-refractivity contribution in [1.29, 1.82) is 0 Å². The standard InChI is InChI=1S/C25H21N5O4/c1-16-7-11-19(12-8-16)34-24-23-28-29(15-22(31)26-17-9-13-18(33-2)14-10-17)25(32)30(23)21-6-4-3-5-20(21)27-24/h3-14H,15H2,1-2H3,(H,26,31). The van der Waals surface area contributed by atoms with Crippen LogP contribution in [0.25, 0.3) is 16.7 Å². The lowest BCUT2D eigenvalue weighted by Crippen LogP contribution is -2.28. The molecule has 0 atom stereocenters. The van der Waals surface area contributed by atoms with Gasteiger partial charge >= 0.3 is 5.69 Å². The molecule has 34 heavy (non-hydrogen) atoms. The maximum absolute atomic E-state index is 13.2. The van der Waals surface area contributed by atoms with E-state index in [4.69, 9.17) is 9.47 Å². The first-order valence-electron chi connectivity index (χ1n) is 10.6. The molecule has 9 nitrogen and oxygen atoms in total. The molecule has 2 aromatic heterocycles. The van der Waals surface area contributed by atoms with Crippen LogP contribution >= 0.6 is 0 Å². The fourth-order valence-corrected chi connectivity index (χ4v) is 3.57. The van der Waals surface area contributed by atoms with Gasteiger partial charge in [-0.2, -0.15) is 0 Å². The highest BCUT2D eigenvalue weighted by Gasteiger charge is 2.19. The number of ether oxygens (including phenoxy) is 2. The Morgan fingerprint density at radius 2 is 1.68 bits per heavy atom. The number of para-hydroxylation sites is 2. The van der Waals surface area contributed by atoms with Gasteiger partial charge in [-0.05, 0) is 55.5 Å². The Morgan fingerprint density at radius 1 is 0.971 bits per heavy atom. The number of hydrogen-bond donors (Lipinski definition) is 1. The lowest BCUT2D eigenvalue weighted by Gasteiger charge is -2.07. The second kappa shape index (κ2) is 8.70. The van der Waals surface area contributed by atoms with Gasteiger partial charge in [-0.3, -0.25) is 4.79 Å². The zero-order valence-corrected chi connectivity index (χ0v) is 18.6. The Hall–Kier alpha value is -4.66. The summed E-state index contributed by atoms with van der Waals surface area (Å²) < 4.78 is 13.6. The average Bonchev–Trinajstić information content (AvgIpc) is 3.17. The van der Waals surface area contributed by atoms with Crippen LogP contribution in [-0.4, -0.2) is 32.2 Å². The molecule has 3 aromatic carbocycles. The molecule has 0 aliphatic heterocycles. The molecule has 5 rings (SSSR count). The fourth-order valence-electron chi connectivity index (χ4n) is 3.57. The predicted molar refractivity (Wildman–Crippen MR) is 128 cm³/mol. The van der Waals surface area contributed by atoms with E-state index < -0.39 is 11.6 Å². The first-order chi connectivity index (χ1) is 16.5. The number of hydrogen-bond acceptors (Lipinski definition) is 6. The first kappa shape index (κ1) is 21.2. The average molecular weight is 455 g/mol. The van der Waals surface area contributed by atoms with Gasteiger partial charge in [-0.15, -0.1) is 5.10 Å². The third-order valence-corrected chi connectivity index (χ3v) is 5.28. The van der Waals surface area contributed by atoms with E-state index in [0.717, 1.165) is 10.2 Å². The highest BCUT2D eigenvalue weighted by molar-refractivity contribution is 5.90. The van der Waals surface area contributed by atoms with E-state index in [1.807, 2.05) is 43.3 Å². The van der Waals surface area contributed by atoms with Crippen molar-refractivity contribution >= 4 is 28.3 Å². The lowest BCUT2D eigenvalue weighted by atomic mass is 10.2. The number of rotatable bonds is 6. The van der Waals surface area contributed by atoms with Gasteiger partial charge in [0.2, 0.25) is 11.6 Å². The van der Waals surface area contributed by atoms with Crippen molar-refractivity contribution in [2.45, 2.75) is 13.5 Å². The van der Waals surface area contributed by atoms with E-state index in [-0.39, 0.29) is 18.1 Å². The topological polar surface area (TPSA) is 99.8 Å². The summed E-state index contributed by atoms with van der Waals surface area (Å²) in [6.07, 6.45) is 0. The zero-order chi connectivity index (χ0) is 23.7. The van der Waals surface area contributed by atoms with Crippen molar-refractivity contribution in [2.24, 2.45) is 0 Å². The van der Waals surface area contributed by atoms with E-state index in [2.05, 4.69) is 15.4 Å². The molecule has 0 bridgehead atoms. The Morgan fingerprint density at radius 3 is 2.41 bits per heavy atom. The minimum atomic E-state index is -0.466. The number of anilines is 1. The lowest BCUT2D eigenvalue weighted by molar-refractivity contribution is -0.117. The van der Waals surface area contributed by atoms with Crippen LogP contribution in [0.5, 0.6) is 17.4 Å². The molecule has 0 saturated heterocycles. The number of aromatic nitrogens is 4. The van der Waals surface area contributed by atoms with Crippen LogP contribution in [0.3, 0.4) is 0 Å². The Balaban J connectivity index is 1.52. The zero-order valence-electron chi connectivity index (χ0n) is 18.6. The van der Waals surface area contributed by atoms with Crippen molar-refractivity contribution in [1.82, 2.24) is 19.2 Å². The van der Waals surface area contributed by atoms with Crippen LogP contribution in [0, 0.1) is 6.92 Å². The molecule has 0 saturated carbocycles. The van der Waals surface area contributed by atoms with Crippen LogP contribution in [0.15, 0.2) is 77.6 Å². The van der Waals surface area contributed by atoms with Gasteiger partial charge in [0.25, 0.3) is 5.88 Å². The Labute approximate surface area is 194 Å². The van der Waals surface area contributed by atoms with Gasteiger partial charge in [0.15, 0.2) is 0 Å². The first-order valence-corrected chi connectivity index (χ1v) is 10.6. The second-order valence-electron chi connectivity index (χ2n) is 7.70. The number of methoxy groups -OCH3 is 1. The summed E-state index contributed by atoms with van der Waals surface area (Å²) in [5.74, 6) is 1.02. The maximum atomic E-state index is 13.2. The molecule has 0 aliphatic rings. The van der Waals surface area contributed by atoms with Crippen molar-refractivity contribution in [3.05, 3.63) is 88.8 Å². The molecular weight excluding hydrogens is 434 g/mol. The number of fused-ring (bicyclic) bond motifs is 3. The van der Waals surface area contributed by atoms with E-state index in [1.165, 1.54) is 4.40 Å². The smallest absolute Gasteiger partial charge is 0.351 e. The minimum Gasteiger partial charge on any atom is -0.497 e. The van der Waals surface area contributed by atoms with E-state index in [0.29, 0.717) is 28.2 Å². The van der Waals surface area contributed by atoms with Gasteiger partial charge in [0.1, 0.15) is 18.0 Å². The summed E-state index contributed by atoms with van der Waals surface area (Å²) in [7, 11) is 1.57. The van der Waals surface area contributed by atoms with Crippen molar-refractivity contribution in [3.63, 3.8) is 0 Å². The molecule has 170 valence electrons. The summed E-state index contributed by atoms with van der Waals surface area (Å²) >= 11 is 0. The van der Waals surface area contributed by atoms with E-state index >= 15 is 0 Å². The molecule has 2 heterocycles. The quantitative estimate of drug-likeness (QED) is 0.418. The maximum Gasteiger partial charge on any atom is 0.351 e. The minimum absolute atomic E-state index is 0.175. The molecule has 0 aliphatic carbocycles. The molecule has 1 amide bonds. The summed E-state index contributed by atoms with van der Waals surface area (Å²) in [6, 6.07) is 21.6. The molecule has 1 N–H and O–H groups in total. The van der Waals surface area contributed by atoms with Crippen LogP contribution in [-0.2, 0) is 11.3 Å². The summed E-state index contributed by atoms with van der Waals surface area (Å²) in [5.41, 5.74) is 2.57. The fraction of sp³-hybridized carbons (Fsp3) is 0.120. The van der Waals surface area contributed by atoms with E-state index in [9.17, 15) is 9.59 Å². The van der Waals surface area contributed by atoms with Gasteiger partial charge in [-0.1, -0.05) is 29.8 Å².